The maximum atomic E-state index is 11.3. The summed E-state index contributed by atoms with van der Waals surface area (Å²) >= 11 is 0. The van der Waals surface area contributed by atoms with E-state index in [4.69, 9.17) is 9.84 Å². The van der Waals surface area contributed by atoms with Crippen LogP contribution in [0.1, 0.15) is 12.5 Å². The number of hydrogen-bond donors (Lipinski definition) is 1. The van der Waals surface area contributed by atoms with Crippen LogP contribution in [-0.4, -0.2) is 31.9 Å². The van der Waals surface area contributed by atoms with Gasteiger partial charge in [-0.3, -0.25) is 14.8 Å². The van der Waals surface area contributed by atoms with Crippen LogP contribution in [0.15, 0.2) is 48.7 Å². The van der Waals surface area contributed by atoms with Gasteiger partial charge in [0.15, 0.2) is 11.9 Å². The van der Waals surface area contributed by atoms with Crippen molar-refractivity contribution in [2.24, 2.45) is 0 Å². The van der Waals surface area contributed by atoms with Crippen LogP contribution in [0.25, 0.3) is 10.9 Å². The van der Waals surface area contributed by atoms with Gasteiger partial charge < -0.3 is 9.84 Å². The maximum Gasteiger partial charge on any atom is 0.344 e. The third-order valence-electron chi connectivity index (χ3n) is 3.68. The Morgan fingerprint density at radius 1 is 1.36 bits per heavy atom. The summed E-state index contributed by atoms with van der Waals surface area (Å²) in [6, 6.07) is 12.1. The van der Waals surface area contributed by atoms with Crippen molar-refractivity contribution in [2.45, 2.75) is 19.6 Å². The van der Waals surface area contributed by atoms with E-state index in [1.807, 2.05) is 30.5 Å². The summed E-state index contributed by atoms with van der Waals surface area (Å²) in [6.45, 7) is 1.67. The van der Waals surface area contributed by atoms with E-state index in [0.717, 1.165) is 10.9 Å². The first-order valence-electron chi connectivity index (χ1n) is 7.53. The van der Waals surface area contributed by atoms with Crippen LogP contribution < -0.4 is 4.74 Å². The van der Waals surface area contributed by atoms with Gasteiger partial charge in [0.25, 0.3) is 0 Å². The number of nitro benzene ring substituents is 1. The number of rotatable bonds is 6. The second-order valence-corrected chi connectivity index (χ2v) is 5.54. The lowest BCUT2D eigenvalue weighted by atomic mass is 10.2. The lowest BCUT2D eigenvalue weighted by Crippen LogP contribution is -2.23. The van der Waals surface area contributed by atoms with Gasteiger partial charge in [0.05, 0.1) is 17.0 Å². The molecule has 1 heterocycles. The number of carboxylic acids is 1. The van der Waals surface area contributed by atoms with E-state index in [0.29, 0.717) is 12.1 Å². The Morgan fingerprint density at radius 3 is 2.80 bits per heavy atom. The minimum Gasteiger partial charge on any atom is -0.479 e. The summed E-state index contributed by atoms with van der Waals surface area (Å²) < 4.78 is 6.86. The smallest absolute Gasteiger partial charge is 0.344 e. The topological polar surface area (TPSA) is 107 Å². The highest BCUT2D eigenvalue weighted by Crippen LogP contribution is 2.29. The van der Waals surface area contributed by atoms with Crippen molar-refractivity contribution in [3.8, 4) is 5.75 Å². The summed E-state index contributed by atoms with van der Waals surface area (Å²) in [5, 5.41) is 25.6. The number of hydrogen-bond acceptors (Lipinski definition) is 5. The first kappa shape index (κ1) is 16.4. The number of benzene rings is 2. The Bertz CT molecular complexity index is 917. The molecule has 3 rings (SSSR count). The molecule has 1 atom stereocenters. The molecule has 0 aliphatic carbocycles. The van der Waals surface area contributed by atoms with Gasteiger partial charge in [-0.2, -0.15) is 5.10 Å². The highest BCUT2D eigenvalue weighted by atomic mass is 16.6. The van der Waals surface area contributed by atoms with Gasteiger partial charge in [0, 0.05) is 17.6 Å². The van der Waals surface area contributed by atoms with Gasteiger partial charge in [-0.25, -0.2) is 4.79 Å². The van der Waals surface area contributed by atoms with Crippen LogP contribution >= 0.6 is 0 Å². The summed E-state index contributed by atoms with van der Waals surface area (Å²) in [5.74, 6) is -1.27. The largest absolute Gasteiger partial charge is 0.479 e. The predicted octanol–water partition coefficient (Wildman–Crippen LogP) is 2.84. The van der Waals surface area contributed by atoms with Crippen LogP contribution in [0, 0.1) is 10.1 Å². The van der Waals surface area contributed by atoms with Gasteiger partial charge in [-0.05, 0) is 24.6 Å². The molecule has 0 spiro atoms. The van der Waals surface area contributed by atoms with Crippen molar-refractivity contribution in [3.05, 3.63) is 64.3 Å². The molecule has 0 radical (unpaired) electrons. The molecule has 25 heavy (non-hydrogen) atoms. The molecule has 1 aromatic heterocycles. The number of aromatic nitrogens is 2. The van der Waals surface area contributed by atoms with E-state index < -0.39 is 17.0 Å². The lowest BCUT2D eigenvalue weighted by Gasteiger charge is -2.11. The fourth-order valence-corrected chi connectivity index (χ4v) is 2.43. The van der Waals surface area contributed by atoms with Crippen molar-refractivity contribution in [1.29, 1.82) is 0 Å². The number of aliphatic carboxylic acids is 1. The van der Waals surface area contributed by atoms with E-state index in [1.165, 1.54) is 19.1 Å². The molecule has 8 nitrogen and oxygen atoms in total. The fraction of sp³-hybridized carbons (Fsp3) is 0.176. The molecule has 0 aliphatic heterocycles. The number of ether oxygens (including phenoxy) is 1. The van der Waals surface area contributed by atoms with Crippen molar-refractivity contribution in [3.63, 3.8) is 0 Å². The second-order valence-electron chi connectivity index (χ2n) is 5.54. The summed E-state index contributed by atoms with van der Waals surface area (Å²) in [6.07, 6.45) is 0.680. The monoisotopic (exact) mass is 341 g/mol. The van der Waals surface area contributed by atoms with Gasteiger partial charge in [0.1, 0.15) is 0 Å². The molecular weight excluding hydrogens is 326 g/mol. The Kier molecular flexibility index (Phi) is 4.34. The zero-order valence-electron chi connectivity index (χ0n) is 13.3. The van der Waals surface area contributed by atoms with Crippen molar-refractivity contribution < 1.29 is 19.6 Å². The quantitative estimate of drug-likeness (QED) is 0.545. The standard InChI is InChI=1S/C17H15N3O5/c1-11(17(21)22)25-16-7-6-12(8-15(16)20(23)24)9-19-10-13-4-2-3-5-14(13)18-19/h2-8,10-11H,9H2,1H3,(H,21,22). The summed E-state index contributed by atoms with van der Waals surface area (Å²) in [7, 11) is 0. The van der Waals surface area contributed by atoms with Crippen LogP contribution in [0.2, 0.25) is 0 Å². The minimum absolute atomic E-state index is 0.0747. The Hall–Kier alpha value is -3.42. The summed E-state index contributed by atoms with van der Waals surface area (Å²) in [4.78, 5) is 21.6. The van der Waals surface area contributed by atoms with Crippen LogP contribution in [0.5, 0.6) is 5.75 Å². The van der Waals surface area contributed by atoms with Crippen molar-refractivity contribution in [2.75, 3.05) is 0 Å². The van der Waals surface area contributed by atoms with Gasteiger partial charge in [-0.15, -0.1) is 0 Å². The van der Waals surface area contributed by atoms with Crippen LogP contribution in [-0.2, 0) is 11.3 Å². The molecule has 0 amide bonds. The average molecular weight is 341 g/mol. The van der Waals surface area contributed by atoms with Crippen molar-refractivity contribution >= 4 is 22.6 Å². The first-order chi connectivity index (χ1) is 11.9. The molecule has 0 saturated heterocycles. The maximum absolute atomic E-state index is 11.3. The molecule has 1 N–H and O–H groups in total. The Labute approximate surface area is 142 Å². The number of nitrogens with zero attached hydrogens (tertiary/aromatic N) is 3. The zero-order valence-corrected chi connectivity index (χ0v) is 13.3. The zero-order chi connectivity index (χ0) is 18.0. The highest BCUT2D eigenvalue weighted by Gasteiger charge is 2.21. The molecule has 0 aliphatic rings. The molecule has 0 fully saturated rings. The third-order valence-corrected chi connectivity index (χ3v) is 3.68. The van der Waals surface area contributed by atoms with Gasteiger partial charge in [0.2, 0.25) is 0 Å². The normalized spacial score (nSPS) is 12.0. The average Bonchev–Trinajstić information content (AvgIpc) is 2.98. The van der Waals surface area contributed by atoms with Crippen LogP contribution in [0.4, 0.5) is 5.69 Å². The molecule has 3 aromatic rings. The summed E-state index contributed by atoms with van der Waals surface area (Å²) in [5.41, 5.74) is 1.23. The van der Waals surface area contributed by atoms with E-state index in [2.05, 4.69) is 5.10 Å². The Morgan fingerprint density at radius 2 is 2.12 bits per heavy atom. The Balaban J connectivity index is 1.88. The van der Waals surface area contributed by atoms with E-state index >= 15 is 0 Å². The van der Waals surface area contributed by atoms with Crippen LogP contribution in [0.3, 0.4) is 0 Å². The SMILES string of the molecule is CC(Oc1ccc(Cn2cc3ccccc3n2)cc1[N+](=O)[O-])C(=O)O. The molecule has 8 heteroatoms. The van der Waals surface area contributed by atoms with Gasteiger partial charge >= 0.3 is 11.7 Å². The van der Waals surface area contributed by atoms with E-state index in [1.54, 1.807) is 10.7 Å². The molecule has 0 saturated carbocycles. The molecular formula is C17H15N3O5. The predicted molar refractivity (Wildman–Crippen MR) is 89.7 cm³/mol. The van der Waals surface area contributed by atoms with E-state index in [9.17, 15) is 14.9 Å². The minimum atomic E-state index is -1.19. The molecule has 1 unspecified atom stereocenters. The number of carbonyl (C=O) groups is 1. The number of fused-ring (bicyclic) bond motifs is 1. The fourth-order valence-electron chi connectivity index (χ4n) is 2.43. The molecule has 128 valence electrons. The molecule has 0 bridgehead atoms. The second kappa shape index (κ2) is 6.60. The van der Waals surface area contributed by atoms with Crippen molar-refractivity contribution in [1.82, 2.24) is 9.78 Å². The van der Waals surface area contributed by atoms with E-state index in [-0.39, 0.29) is 11.4 Å². The highest BCUT2D eigenvalue weighted by molar-refractivity contribution is 5.77. The first-order valence-corrected chi connectivity index (χ1v) is 7.53. The molecule has 2 aromatic carbocycles. The third kappa shape index (κ3) is 3.57. The number of nitro groups is 1. The lowest BCUT2D eigenvalue weighted by molar-refractivity contribution is -0.386. The van der Waals surface area contributed by atoms with Gasteiger partial charge in [-0.1, -0.05) is 24.3 Å². The number of carboxylic acid groups (broad SMARTS) is 1.